The van der Waals surface area contributed by atoms with E-state index in [0.717, 1.165) is 17.4 Å². The number of halogens is 1. The van der Waals surface area contributed by atoms with E-state index in [1.165, 1.54) is 24.5 Å². The van der Waals surface area contributed by atoms with E-state index in [-0.39, 0.29) is 24.0 Å². The lowest BCUT2D eigenvalue weighted by molar-refractivity contribution is 0.101. The van der Waals surface area contributed by atoms with E-state index in [0.29, 0.717) is 32.6 Å². The number of anilines is 3. The van der Waals surface area contributed by atoms with Gasteiger partial charge < -0.3 is 25.7 Å². The molecule has 0 saturated carbocycles. The Kier molecular flexibility index (Phi) is 7.22. The summed E-state index contributed by atoms with van der Waals surface area (Å²) in [7, 11) is 0. The lowest BCUT2D eigenvalue weighted by Gasteiger charge is -2.08. The number of benzene rings is 2. The quantitative estimate of drug-likeness (QED) is 0.268. The highest BCUT2D eigenvalue weighted by Gasteiger charge is 2.16. The van der Waals surface area contributed by atoms with Crippen molar-refractivity contribution in [3.8, 4) is 0 Å². The molecule has 0 bridgehead atoms. The number of rotatable bonds is 7. The van der Waals surface area contributed by atoms with Gasteiger partial charge in [0.05, 0.1) is 22.7 Å². The third-order valence-electron chi connectivity index (χ3n) is 4.85. The molecule has 4 N–H and O–H groups in total. The van der Waals surface area contributed by atoms with Crippen LogP contribution in [0.4, 0.5) is 25.6 Å². The van der Waals surface area contributed by atoms with Crippen LogP contribution in [-0.2, 0) is 6.54 Å². The molecule has 8 nitrogen and oxygen atoms in total. The van der Waals surface area contributed by atoms with E-state index in [1.807, 2.05) is 0 Å². The second-order valence-electron chi connectivity index (χ2n) is 7.51. The summed E-state index contributed by atoms with van der Waals surface area (Å²) < 4.78 is 18.5. The molecule has 0 aliphatic carbocycles. The average molecular weight is 493 g/mol. The summed E-state index contributed by atoms with van der Waals surface area (Å²) in [6, 6.07) is 16.8. The number of carbonyl (C=O) groups is 3. The van der Waals surface area contributed by atoms with Gasteiger partial charge in [-0.3, -0.25) is 9.59 Å². The maximum absolute atomic E-state index is 13.4. The first-order chi connectivity index (χ1) is 16.9. The monoisotopic (exact) mass is 492 g/mol. The normalized spacial score (nSPS) is 10.5. The molecule has 0 fully saturated rings. The Hall–Kier alpha value is -4.44. The molecule has 10 heteroatoms. The standard InChI is InChI=1S/C25H21FN4O4S/c1-15-12-21(30-23(31)16-4-2-5-17(26)13-16)35-22(15)24(32)28-18-7-9-19(10-8-18)29-25(33)27-14-20-6-3-11-34-20/h2-13H,14H2,1H3,(H,28,32)(H,30,31)(H2,27,29,33). The molecule has 0 unspecified atom stereocenters. The highest BCUT2D eigenvalue weighted by Crippen LogP contribution is 2.28. The minimum atomic E-state index is -0.504. The zero-order valence-corrected chi connectivity index (χ0v) is 19.4. The number of thiophene rings is 1. The number of urea groups is 1. The molecule has 4 amide bonds. The Morgan fingerprint density at radius 1 is 0.886 bits per heavy atom. The van der Waals surface area contributed by atoms with Crippen LogP contribution in [0.15, 0.2) is 77.4 Å². The number of amides is 4. The maximum Gasteiger partial charge on any atom is 0.319 e. The van der Waals surface area contributed by atoms with Gasteiger partial charge >= 0.3 is 6.03 Å². The lowest BCUT2D eigenvalue weighted by atomic mass is 10.2. The average Bonchev–Trinajstić information content (AvgIpc) is 3.48. The number of carbonyl (C=O) groups excluding carboxylic acids is 3. The highest BCUT2D eigenvalue weighted by molar-refractivity contribution is 7.18. The molecule has 0 spiro atoms. The van der Waals surface area contributed by atoms with Crippen molar-refractivity contribution in [2.75, 3.05) is 16.0 Å². The number of furan rings is 1. The minimum absolute atomic E-state index is 0.186. The Balaban J connectivity index is 1.32. The van der Waals surface area contributed by atoms with Gasteiger partial charge in [0.15, 0.2) is 0 Å². The highest BCUT2D eigenvalue weighted by atomic mass is 32.1. The van der Waals surface area contributed by atoms with Gasteiger partial charge in [-0.1, -0.05) is 6.07 Å². The van der Waals surface area contributed by atoms with E-state index >= 15 is 0 Å². The van der Waals surface area contributed by atoms with E-state index < -0.39 is 11.7 Å². The number of nitrogens with one attached hydrogen (secondary N) is 4. The first-order valence-electron chi connectivity index (χ1n) is 10.5. The van der Waals surface area contributed by atoms with Crippen LogP contribution in [-0.4, -0.2) is 17.8 Å². The molecular formula is C25H21FN4O4S. The van der Waals surface area contributed by atoms with Crippen LogP contribution >= 0.6 is 11.3 Å². The van der Waals surface area contributed by atoms with Crippen molar-refractivity contribution in [3.63, 3.8) is 0 Å². The molecule has 4 aromatic rings. The first-order valence-corrected chi connectivity index (χ1v) is 11.3. The molecule has 4 rings (SSSR count). The summed E-state index contributed by atoms with van der Waals surface area (Å²) in [6.07, 6.45) is 1.53. The van der Waals surface area contributed by atoms with Gasteiger partial charge in [0.1, 0.15) is 11.6 Å². The number of hydrogen-bond acceptors (Lipinski definition) is 5. The Labute approximate surface area is 204 Å². The SMILES string of the molecule is Cc1cc(NC(=O)c2cccc(F)c2)sc1C(=O)Nc1ccc(NC(=O)NCc2ccco2)cc1. The number of aryl methyl sites for hydroxylation is 1. The molecular weight excluding hydrogens is 471 g/mol. The second-order valence-corrected chi connectivity index (χ2v) is 8.56. The third kappa shape index (κ3) is 6.33. The van der Waals surface area contributed by atoms with Gasteiger partial charge in [0.2, 0.25) is 0 Å². The van der Waals surface area contributed by atoms with Crippen molar-refractivity contribution in [2.24, 2.45) is 0 Å². The van der Waals surface area contributed by atoms with Gasteiger partial charge in [-0.25, -0.2) is 9.18 Å². The first kappa shape index (κ1) is 23.7. The van der Waals surface area contributed by atoms with Crippen molar-refractivity contribution in [1.29, 1.82) is 0 Å². The summed E-state index contributed by atoms with van der Waals surface area (Å²) in [6.45, 7) is 2.02. The van der Waals surface area contributed by atoms with Crippen LogP contribution in [0.3, 0.4) is 0 Å². The minimum Gasteiger partial charge on any atom is -0.467 e. The van der Waals surface area contributed by atoms with Gasteiger partial charge in [-0.15, -0.1) is 11.3 Å². The molecule has 0 radical (unpaired) electrons. The third-order valence-corrected chi connectivity index (χ3v) is 6.00. The zero-order valence-electron chi connectivity index (χ0n) is 18.6. The summed E-state index contributed by atoms with van der Waals surface area (Å²) in [4.78, 5) is 37.5. The van der Waals surface area contributed by atoms with Crippen LogP contribution < -0.4 is 21.3 Å². The van der Waals surface area contributed by atoms with Crippen LogP contribution in [0.25, 0.3) is 0 Å². The van der Waals surface area contributed by atoms with Crippen molar-refractivity contribution in [1.82, 2.24) is 5.32 Å². The predicted octanol–water partition coefficient (Wildman–Crippen LogP) is 5.61. The van der Waals surface area contributed by atoms with Crippen LogP contribution in [0.2, 0.25) is 0 Å². The second kappa shape index (κ2) is 10.7. The van der Waals surface area contributed by atoms with Gasteiger partial charge in [-0.2, -0.15) is 0 Å². The fourth-order valence-electron chi connectivity index (χ4n) is 3.16. The Morgan fingerprint density at radius 3 is 2.31 bits per heavy atom. The van der Waals surface area contributed by atoms with Crippen molar-refractivity contribution in [3.05, 3.63) is 101 Å². The molecule has 2 aromatic heterocycles. The topological polar surface area (TPSA) is 112 Å². The van der Waals surface area contributed by atoms with Gasteiger partial charge in [0.25, 0.3) is 11.8 Å². The van der Waals surface area contributed by atoms with Crippen molar-refractivity contribution < 1.29 is 23.2 Å². The van der Waals surface area contributed by atoms with Crippen molar-refractivity contribution in [2.45, 2.75) is 13.5 Å². The molecule has 2 heterocycles. The van der Waals surface area contributed by atoms with Crippen LogP contribution in [0.1, 0.15) is 31.4 Å². The summed E-state index contributed by atoms with van der Waals surface area (Å²) in [5.41, 5.74) is 1.96. The van der Waals surface area contributed by atoms with Gasteiger partial charge in [0, 0.05) is 16.9 Å². The fraction of sp³-hybridized carbons (Fsp3) is 0.0800. The van der Waals surface area contributed by atoms with Crippen LogP contribution in [0.5, 0.6) is 0 Å². The van der Waals surface area contributed by atoms with Crippen molar-refractivity contribution >= 4 is 45.6 Å². The fourth-order valence-corrected chi connectivity index (χ4v) is 4.13. The molecule has 0 saturated heterocycles. The molecule has 178 valence electrons. The summed E-state index contributed by atoms with van der Waals surface area (Å²) >= 11 is 1.12. The smallest absolute Gasteiger partial charge is 0.319 e. The maximum atomic E-state index is 13.4. The summed E-state index contributed by atoms with van der Waals surface area (Å²) in [5, 5.41) is 11.3. The molecule has 2 aromatic carbocycles. The van der Waals surface area contributed by atoms with Gasteiger partial charge in [-0.05, 0) is 73.2 Å². The zero-order chi connectivity index (χ0) is 24.8. The Bertz CT molecular complexity index is 1350. The van der Waals surface area contributed by atoms with E-state index in [9.17, 15) is 18.8 Å². The van der Waals surface area contributed by atoms with Crippen LogP contribution in [0, 0.1) is 12.7 Å². The molecule has 35 heavy (non-hydrogen) atoms. The number of hydrogen-bond donors (Lipinski definition) is 4. The predicted molar refractivity (Wildman–Crippen MR) is 132 cm³/mol. The largest absolute Gasteiger partial charge is 0.467 e. The molecule has 0 aliphatic rings. The van der Waals surface area contributed by atoms with E-state index in [4.69, 9.17) is 4.42 Å². The van der Waals surface area contributed by atoms with E-state index in [1.54, 1.807) is 49.4 Å². The Morgan fingerprint density at radius 2 is 1.63 bits per heavy atom. The summed E-state index contributed by atoms with van der Waals surface area (Å²) in [5.74, 6) is -0.667. The van der Waals surface area contributed by atoms with E-state index in [2.05, 4.69) is 21.3 Å². The lowest BCUT2D eigenvalue weighted by Crippen LogP contribution is -2.27. The molecule has 0 atom stereocenters. The molecule has 0 aliphatic heterocycles.